The summed E-state index contributed by atoms with van der Waals surface area (Å²) in [7, 11) is 0. The molecule has 2 N–H and O–H groups in total. The number of nitrogens with one attached hydrogen (secondary N) is 2. The van der Waals surface area contributed by atoms with Crippen LogP contribution in [-0.2, 0) is 4.79 Å². The van der Waals surface area contributed by atoms with E-state index < -0.39 is 6.03 Å². The number of rotatable bonds is 6. The van der Waals surface area contributed by atoms with Crippen molar-refractivity contribution in [3.05, 3.63) is 42.7 Å². The van der Waals surface area contributed by atoms with Crippen molar-refractivity contribution in [2.75, 3.05) is 12.3 Å². The molecule has 0 saturated carbocycles. The molecular weight excluding hydrogens is 364 g/mol. The van der Waals surface area contributed by atoms with Crippen molar-refractivity contribution in [1.82, 2.24) is 20.6 Å². The fourth-order valence-corrected chi connectivity index (χ4v) is 3.13. The number of hydrogen-bond acceptors (Lipinski definition) is 6. The summed E-state index contributed by atoms with van der Waals surface area (Å²) in [5, 5.41) is 6.47. The molecule has 140 valence electrons. The summed E-state index contributed by atoms with van der Waals surface area (Å²) in [5.41, 5.74) is 0.761. The molecule has 3 aromatic rings. The van der Waals surface area contributed by atoms with Crippen molar-refractivity contribution in [3.8, 4) is 11.6 Å². The Morgan fingerprint density at radius 2 is 1.96 bits per heavy atom. The van der Waals surface area contributed by atoms with Crippen molar-refractivity contribution in [2.24, 2.45) is 5.92 Å². The van der Waals surface area contributed by atoms with Gasteiger partial charge in [0, 0.05) is 11.9 Å². The Bertz CT molecular complexity index is 941. The van der Waals surface area contributed by atoms with Crippen LogP contribution in [0.25, 0.3) is 22.5 Å². The maximum absolute atomic E-state index is 12.1. The van der Waals surface area contributed by atoms with E-state index in [1.54, 1.807) is 18.4 Å². The summed E-state index contributed by atoms with van der Waals surface area (Å²) >= 11 is 1.25. The number of urea groups is 1. The number of carbonyl (C=O) groups is 2. The van der Waals surface area contributed by atoms with E-state index in [-0.39, 0.29) is 11.7 Å². The van der Waals surface area contributed by atoms with Gasteiger partial charge < -0.3 is 9.73 Å². The summed E-state index contributed by atoms with van der Waals surface area (Å²) < 4.78 is 5.38. The fourth-order valence-electron chi connectivity index (χ4n) is 2.31. The molecule has 0 aliphatic carbocycles. The highest BCUT2D eigenvalue weighted by Crippen LogP contribution is 2.28. The zero-order valence-corrected chi connectivity index (χ0v) is 15.9. The molecule has 0 fully saturated rings. The van der Waals surface area contributed by atoms with Gasteiger partial charge in [0.25, 0.3) is 0 Å². The van der Waals surface area contributed by atoms with Gasteiger partial charge in [0.2, 0.25) is 5.91 Å². The first-order valence-electron chi connectivity index (χ1n) is 8.54. The van der Waals surface area contributed by atoms with Crippen LogP contribution in [0, 0.1) is 5.92 Å². The standard InChI is InChI=1S/C19H20N4O3S/c1-12(2)10-20-19(25)22-16(24)11-27-18-13-6-3-4-7-14(13)21-17(23-18)15-8-5-9-26-15/h3-9,12H,10-11H2,1-2H3,(H2,20,22,24,25). The van der Waals surface area contributed by atoms with Crippen LogP contribution in [0.4, 0.5) is 4.79 Å². The van der Waals surface area contributed by atoms with E-state index in [2.05, 4.69) is 20.6 Å². The lowest BCUT2D eigenvalue weighted by Gasteiger charge is -2.09. The number of benzene rings is 1. The van der Waals surface area contributed by atoms with Gasteiger partial charge in [-0.2, -0.15) is 0 Å². The molecule has 0 radical (unpaired) electrons. The lowest BCUT2D eigenvalue weighted by molar-refractivity contribution is -0.117. The normalized spacial score (nSPS) is 10.9. The molecule has 0 atom stereocenters. The van der Waals surface area contributed by atoms with Crippen molar-refractivity contribution in [2.45, 2.75) is 18.9 Å². The quantitative estimate of drug-likeness (QED) is 0.499. The Morgan fingerprint density at radius 1 is 1.15 bits per heavy atom. The van der Waals surface area contributed by atoms with Gasteiger partial charge in [0.1, 0.15) is 5.03 Å². The van der Waals surface area contributed by atoms with E-state index in [1.807, 2.05) is 38.1 Å². The van der Waals surface area contributed by atoms with E-state index in [1.165, 1.54) is 11.8 Å². The number of fused-ring (bicyclic) bond motifs is 1. The molecule has 3 amide bonds. The Morgan fingerprint density at radius 3 is 2.70 bits per heavy atom. The number of carbonyl (C=O) groups excluding carboxylic acids is 2. The van der Waals surface area contributed by atoms with Gasteiger partial charge in [-0.1, -0.05) is 43.8 Å². The number of nitrogens with zero attached hydrogens (tertiary/aromatic N) is 2. The minimum absolute atomic E-state index is 0.0632. The van der Waals surface area contributed by atoms with Gasteiger partial charge in [-0.15, -0.1) is 0 Å². The summed E-state index contributed by atoms with van der Waals surface area (Å²) in [6, 6.07) is 10.6. The van der Waals surface area contributed by atoms with Gasteiger partial charge in [-0.05, 0) is 24.1 Å². The van der Waals surface area contributed by atoms with Crippen LogP contribution in [0.1, 0.15) is 13.8 Å². The molecule has 3 rings (SSSR count). The average Bonchev–Trinajstić information content (AvgIpc) is 3.19. The van der Waals surface area contributed by atoms with Crippen molar-refractivity contribution < 1.29 is 14.0 Å². The summed E-state index contributed by atoms with van der Waals surface area (Å²) in [6.45, 7) is 4.47. The summed E-state index contributed by atoms with van der Waals surface area (Å²) in [4.78, 5) is 32.8. The van der Waals surface area contributed by atoms with Gasteiger partial charge in [0.15, 0.2) is 11.6 Å². The number of amides is 3. The Kier molecular flexibility index (Phi) is 6.08. The average molecular weight is 384 g/mol. The van der Waals surface area contributed by atoms with Gasteiger partial charge in [-0.3, -0.25) is 10.1 Å². The predicted molar refractivity (Wildman–Crippen MR) is 104 cm³/mol. The Hall–Kier alpha value is -2.87. The van der Waals surface area contributed by atoms with Crippen molar-refractivity contribution in [1.29, 1.82) is 0 Å². The number of para-hydroxylation sites is 1. The van der Waals surface area contributed by atoms with Gasteiger partial charge >= 0.3 is 6.03 Å². The summed E-state index contributed by atoms with van der Waals surface area (Å²) in [5.74, 6) is 1.00. The topological polar surface area (TPSA) is 97.1 Å². The molecule has 1 aromatic carbocycles. The molecule has 0 bridgehead atoms. The second-order valence-corrected chi connectivity index (χ2v) is 7.25. The van der Waals surface area contributed by atoms with E-state index in [4.69, 9.17) is 4.42 Å². The van der Waals surface area contributed by atoms with Crippen molar-refractivity contribution >= 4 is 34.6 Å². The molecule has 7 nitrogen and oxygen atoms in total. The molecule has 0 unspecified atom stereocenters. The van der Waals surface area contributed by atoms with Crippen LogP contribution >= 0.6 is 11.8 Å². The summed E-state index contributed by atoms with van der Waals surface area (Å²) in [6.07, 6.45) is 1.56. The smallest absolute Gasteiger partial charge is 0.321 e. The maximum atomic E-state index is 12.1. The highest BCUT2D eigenvalue weighted by Gasteiger charge is 2.14. The second-order valence-electron chi connectivity index (χ2n) is 6.29. The first kappa shape index (κ1) is 18.9. The molecular formula is C19H20N4O3S. The van der Waals surface area contributed by atoms with E-state index >= 15 is 0 Å². The zero-order valence-electron chi connectivity index (χ0n) is 15.1. The van der Waals surface area contributed by atoms with Gasteiger partial charge in [-0.25, -0.2) is 14.8 Å². The van der Waals surface area contributed by atoms with Crippen LogP contribution < -0.4 is 10.6 Å². The number of imide groups is 1. The molecule has 0 aliphatic rings. The minimum Gasteiger partial charge on any atom is -0.461 e. The van der Waals surface area contributed by atoms with E-state index in [0.717, 1.165) is 10.9 Å². The highest BCUT2D eigenvalue weighted by atomic mass is 32.2. The molecule has 0 saturated heterocycles. The Labute approximate surface area is 161 Å². The third kappa shape index (κ3) is 5.07. The largest absolute Gasteiger partial charge is 0.461 e. The first-order valence-corrected chi connectivity index (χ1v) is 9.52. The monoisotopic (exact) mass is 384 g/mol. The molecule has 0 spiro atoms. The zero-order chi connectivity index (χ0) is 19.2. The third-order valence-corrected chi connectivity index (χ3v) is 4.56. The third-order valence-electron chi connectivity index (χ3n) is 3.57. The molecule has 2 heterocycles. The number of thioether (sulfide) groups is 1. The molecule has 27 heavy (non-hydrogen) atoms. The lowest BCUT2D eigenvalue weighted by Crippen LogP contribution is -2.41. The SMILES string of the molecule is CC(C)CNC(=O)NC(=O)CSc1nc(-c2ccco2)nc2ccccc12. The molecule has 0 aliphatic heterocycles. The first-order chi connectivity index (χ1) is 13.0. The second kappa shape index (κ2) is 8.68. The van der Waals surface area contributed by atoms with Crippen LogP contribution in [0.2, 0.25) is 0 Å². The van der Waals surface area contributed by atoms with Gasteiger partial charge in [0.05, 0.1) is 17.5 Å². The number of hydrogen-bond donors (Lipinski definition) is 2. The molecule has 2 aromatic heterocycles. The Balaban J connectivity index is 1.72. The molecule has 8 heteroatoms. The highest BCUT2D eigenvalue weighted by molar-refractivity contribution is 8.00. The number of furan rings is 1. The van der Waals surface area contributed by atoms with E-state index in [9.17, 15) is 9.59 Å². The van der Waals surface area contributed by atoms with Crippen LogP contribution in [0.15, 0.2) is 52.1 Å². The van der Waals surface area contributed by atoms with Crippen molar-refractivity contribution in [3.63, 3.8) is 0 Å². The minimum atomic E-state index is -0.488. The van der Waals surface area contributed by atoms with Crippen LogP contribution in [0.3, 0.4) is 0 Å². The predicted octanol–water partition coefficient (Wildman–Crippen LogP) is 3.46. The van der Waals surface area contributed by atoms with Crippen LogP contribution in [-0.4, -0.2) is 34.2 Å². The lowest BCUT2D eigenvalue weighted by atomic mass is 10.2. The number of aromatic nitrogens is 2. The van der Waals surface area contributed by atoms with Crippen LogP contribution in [0.5, 0.6) is 0 Å². The maximum Gasteiger partial charge on any atom is 0.321 e. The fraction of sp³-hybridized carbons (Fsp3) is 0.263. The van der Waals surface area contributed by atoms with E-state index in [0.29, 0.717) is 29.1 Å².